The Morgan fingerprint density at radius 3 is 2.16 bits per heavy atom. The summed E-state index contributed by atoms with van der Waals surface area (Å²) in [7, 11) is 0. The maximum Gasteiger partial charge on any atom is 0.416 e. The molecule has 0 atom stereocenters. The van der Waals surface area contributed by atoms with Gasteiger partial charge in [-0.15, -0.1) is 0 Å². The van der Waals surface area contributed by atoms with Crippen LogP contribution in [-0.4, -0.2) is 55.3 Å². The van der Waals surface area contributed by atoms with Gasteiger partial charge in [0.05, 0.1) is 18.8 Å². The fourth-order valence-electron chi connectivity index (χ4n) is 4.35. The summed E-state index contributed by atoms with van der Waals surface area (Å²) in [4.78, 5) is 16.8. The number of nitrogens with zero attached hydrogens (tertiary/aromatic N) is 2. The summed E-state index contributed by atoms with van der Waals surface area (Å²) in [5, 5.41) is 10.5. The van der Waals surface area contributed by atoms with Crippen molar-refractivity contribution in [2.24, 2.45) is 0 Å². The smallest absolute Gasteiger partial charge is 0.380 e. The lowest BCUT2D eigenvalue weighted by atomic mass is 9.91. The second kappa shape index (κ2) is 7.10. The lowest BCUT2D eigenvalue weighted by molar-refractivity contribution is -0.184. The molecule has 0 saturated carbocycles. The second-order valence-electron chi connectivity index (χ2n) is 8.37. The minimum absolute atomic E-state index is 0.0961. The third-order valence-corrected chi connectivity index (χ3v) is 6.20. The molecule has 5 rings (SSSR count). The van der Waals surface area contributed by atoms with Crippen LogP contribution in [0, 0.1) is 0 Å². The van der Waals surface area contributed by atoms with Crippen LogP contribution in [0.3, 0.4) is 0 Å². The number of ether oxygens (including phenoxy) is 1. The van der Waals surface area contributed by atoms with Crippen LogP contribution >= 0.6 is 0 Å². The van der Waals surface area contributed by atoms with Crippen molar-refractivity contribution in [1.29, 1.82) is 0 Å². The highest BCUT2D eigenvalue weighted by molar-refractivity contribution is 5.95. The molecule has 3 aliphatic rings. The Labute approximate surface area is 177 Å². The Kier molecular flexibility index (Phi) is 4.60. The van der Waals surface area contributed by atoms with Crippen LogP contribution in [0.2, 0.25) is 0 Å². The maximum atomic E-state index is 13.0. The van der Waals surface area contributed by atoms with Gasteiger partial charge >= 0.3 is 6.18 Å². The molecule has 3 aliphatic heterocycles. The van der Waals surface area contributed by atoms with E-state index in [-0.39, 0.29) is 19.1 Å². The van der Waals surface area contributed by atoms with Crippen LogP contribution in [-0.2, 0) is 16.5 Å². The number of alkyl halides is 3. The van der Waals surface area contributed by atoms with Crippen molar-refractivity contribution in [3.8, 4) is 0 Å². The van der Waals surface area contributed by atoms with Gasteiger partial charge in [-0.3, -0.25) is 4.79 Å². The number of hydrogen-bond donors (Lipinski definition) is 1. The molecular weight excluding hydrogens is 409 g/mol. The standard InChI is InChI=1S/C23H21F3N2O3/c24-23(25,26)18-4-6-20(7-5-18)27-9-16-11-28(12-17(16)10-27)21(29)15-2-1-3-19(8-15)22(30)13-31-14-22/h1-8,30H,9-14H2. The summed E-state index contributed by atoms with van der Waals surface area (Å²) in [6.07, 6.45) is -4.34. The SMILES string of the molecule is O=C(c1cccc(C2(O)COC2)c1)N1CC2=C(C1)CN(c1ccc(C(F)(F)F)cc1)C2. The average Bonchev–Trinajstić information content (AvgIpc) is 3.30. The van der Waals surface area contributed by atoms with Crippen LogP contribution in [0.5, 0.6) is 0 Å². The summed E-state index contributed by atoms with van der Waals surface area (Å²) in [5.74, 6) is -0.0961. The van der Waals surface area contributed by atoms with Gasteiger partial charge in [0.15, 0.2) is 0 Å². The first-order valence-electron chi connectivity index (χ1n) is 10.0. The number of carbonyl (C=O) groups excluding carboxylic acids is 1. The number of anilines is 1. The molecule has 2 aromatic rings. The van der Waals surface area contributed by atoms with Crippen molar-refractivity contribution < 1.29 is 27.8 Å². The molecule has 5 nitrogen and oxygen atoms in total. The molecule has 2 aromatic carbocycles. The molecule has 0 aromatic heterocycles. The molecule has 1 N–H and O–H groups in total. The van der Waals surface area contributed by atoms with Gasteiger partial charge in [0.2, 0.25) is 0 Å². The van der Waals surface area contributed by atoms with Gasteiger partial charge in [-0.25, -0.2) is 0 Å². The molecule has 31 heavy (non-hydrogen) atoms. The molecule has 0 radical (unpaired) electrons. The van der Waals surface area contributed by atoms with E-state index in [4.69, 9.17) is 4.74 Å². The lowest BCUT2D eigenvalue weighted by Crippen LogP contribution is -2.46. The van der Waals surface area contributed by atoms with E-state index >= 15 is 0 Å². The minimum atomic E-state index is -4.34. The Morgan fingerprint density at radius 1 is 0.968 bits per heavy atom. The molecular formula is C23H21F3N2O3. The number of amides is 1. The predicted octanol–water partition coefficient (Wildman–Crippen LogP) is 3.20. The Bertz CT molecular complexity index is 1040. The monoisotopic (exact) mass is 430 g/mol. The number of benzene rings is 2. The van der Waals surface area contributed by atoms with E-state index in [1.54, 1.807) is 29.2 Å². The molecule has 1 saturated heterocycles. The Balaban J connectivity index is 1.23. The first kappa shape index (κ1) is 20.1. The van der Waals surface area contributed by atoms with Crippen molar-refractivity contribution >= 4 is 11.6 Å². The van der Waals surface area contributed by atoms with Gasteiger partial charge in [0.25, 0.3) is 5.91 Å². The normalized spacial score (nSPS) is 20.1. The van der Waals surface area contributed by atoms with Crippen molar-refractivity contribution in [3.05, 3.63) is 76.4 Å². The van der Waals surface area contributed by atoms with Gasteiger partial charge in [-0.05, 0) is 53.1 Å². The zero-order chi connectivity index (χ0) is 21.8. The van der Waals surface area contributed by atoms with E-state index in [2.05, 4.69) is 0 Å². The second-order valence-corrected chi connectivity index (χ2v) is 8.37. The number of aliphatic hydroxyl groups is 1. The van der Waals surface area contributed by atoms with E-state index in [0.717, 1.165) is 29.0 Å². The molecule has 3 heterocycles. The van der Waals surface area contributed by atoms with Crippen molar-refractivity contribution in [1.82, 2.24) is 4.90 Å². The molecule has 162 valence electrons. The molecule has 0 aliphatic carbocycles. The van der Waals surface area contributed by atoms with E-state index in [0.29, 0.717) is 37.3 Å². The topological polar surface area (TPSA) is 53.0 Å². The number of halogens is 3. The lowest BCUT2D eigenvalue weighted by Gasteiger charge is -2.37. The zero-order valence-corrected chi connectivity index (χ0v) is 16.7. The molecule has 0 bridgehead atoms. The van der Waals surface area contributed by atoms with E-state index in [1.807, 2.05) is 4.90 Å². The van der Waals surface area contributed by atoms with Crippen LogP contribution in [0.1, 0.15) is 21.5 Å². The molecule has 0 unspecified atom stereocenters. The van der Waals surface area contributed by atoms with Gasteiger partial charge in [-0.2, -0.15) is 13.2 Å². The molecule has 0 spiro atoms. The van der Waals surface area contributed by atoms with Crippen molar-refractivity contribution in [2.75, 3.05) is 44.3 Å². The summed E-state index contributed by atoms with van der Waals surface area (Å²) in [6, 6.07) is 12.2. The Morgan fingerprint density at radius 2 is 1.61 bits per heavy atom. The summed E-state index contributed by atoms with van der Waals surface area (Å²) < 4.78 is 43.4. The average molecular weight is 430 g/mol. The van der Waals surface area contributed by atoms with E-state index < -0.39 is 17.3 Å². The van der Waals surface area contributed by atoms with Gasteiger partial charge < -0.3 is 19.6 Å². The van der Waals surface area contributed by atoms with Gasteiger partial charge in [-0.1, -0.05) is 12.1 Å². The Hall–Kier alpha value is -2.84. The largest absolute Gasteiger partial charge is 0.416 e. The molecule has 1 fully saturated rings. The third-order valence-electron chi connectivity index (χ3n) is 6.20. The number of hydrogen-bond acceptors (Lipinski definition) is 4. The highest BCUT2D eigenvalue weighted by Crippen LogP contribution is 2.34. The van der Waals surface area contributed by atoms with E-state index in [1.165, 1.54) is 12.1 Å². The highest BCUT2D eigenvalue weighted by Gasteiger charge is 2.39. The number of carbonyl (C=O) groups is 1. The fraction of sp³-hybridized carbons (Fsp3) is 0.348. The van der Waals surface area contributed by atoms with E-state index in [9.17, 15) is 23.1 Å². The summed E-state index contributed by atoms with van der Waals surface area (Å²) >= 11 is 0. The summed E-state index contributed by atoms with van der Waals surface area (Å²) in [6.45, 7) is 2.66. The zero-order valence-electron chi connectivity index (χ0n) is 16.7. The highest BCUT2D eigenvalue weighted by atomic mass is 19.4. The van der Waals surface area contributed by atoms with Crippen LogP contribution in [0.25, 0.3) is 0 Å². The number of rotatable bonds is 3. The van der Waals surface area contributed by atoms with Crippen molar-refractivity contribution in [3.63, 3.8) is 0 Å². The minimum Gasteiger partial charge on any atom is -0.380 e. The molecule has 8 heteroatoms. The molecule has 1 amide bonds. The predicted molar refractivity (Wildman–Crippen MR) is 108 cm³/mol. The van der Waals surface area contributed by atoms with Gasteiger partial charge in [0, 0.05) is 37.4 Å². The maximum absolute atomic E-state index is 13.0. The summed E-state index contributed by atoms with van der Waals surface area (Å²) in [5.41, 5.74) is 2.53. The fourth-order valence-corrected chi connectivity index (χ4v) is 4.35. The third kappa shape index (κ3) is 3.59. The first-order chi connectivity index (χ1) is 14.7. The quantitative estimate of drug-likeness (QED) is 0.760. The van der Waals surface area contributed by atoms with Crippen LogP contribution in [0.4, 0.5) is 18.9 Å². The van der Waals surface area contributed by atoms with Crippen molar-refractivity contribution in [2.45, 2.75) is 11.8 Å². The van der Waals surface area contributed by atoms with Crippen LogP contribution < -0.4 is 4.90 Å². The van der Waals surface area contributed by atoms with Crippen LogP contribution in [0.15, 0.2) is 59.7 Å². The first-order valence-corrected chi connectivity index (χ1v) is 10.0. The van der Waals surface area contributed by atoms with Gasteiger partial charge in [0.1, 0.15) is 5.60 Å².